The monoisotopic (exact) mass is 380 g/mol. The molecule has 1 atom stereocenters. The Morgan fingerprint density at radius 2 is 2.11 bits per heavy atom. The molecular formula is C10H9IN2O6. The van der Waals surface area contributed by atoms with E-state index in [1.165, 1.54) is 12.1 Å². The molecule has 0 spiro atoms. The lowest BCUT2D eigenvalue weighted by Crippen LogP contribution is -2.43. The average molecular weight is 380 g/mol. The van der Waals surface area contributed by atoms with Crippen molar-refractivity contribution in [2.45, 2.75) is 6.04 Å². The zero-order valence-electron chi connectivity index (χ0n) is 9.37. The van der Waals surface area contributed by atoms with E-state index in [1.54, 1.807) is 22.6 Å². The fraction of sp³-hybridized carbons (Fsp3) is 0.200. The number of nitro benzene ring substituents is 1. The summed E-state index contributed by atoms with van der Waals surface area (Å²) in [6, 6.07) is 2.21. The second kappa shape index (κ2) is 6.43. The molecule has 3 N–H and O–H groups in total. The summed E-state index contributed by atoms with van der Waals surface area (Å²) in [5.41, 5.74) is -0.295. The molecule has 0 aliphatic heterocycles. The zero-order valence-corrected chi connectivity index (χ0v) is 11.5. The molecule has 1 rings (SSSR count). The number of rotatable bonds is 5. The third kappa shape index (κ3) is 3.86. The summed E-state index contributed by atoms with van der Waals surface area (Å²) < 4.78 is 0.433. The van der Waals surface area contributed by atoms with Gasteiger partial charge < -0.3 is 15.5 Å². The van der Waals surface area contributed by atoms with Gasteiger partial charge in [0.15, 0.2) is 6.04 Å². The first-order valence-electron chi connectivity index (χ1n) is 4.95. The Morgan fingerprint density at radius 3 is 2.58 bits per heavy atom. The van der Waals surface area contributed by atoms with E-state index in [0.717, 1.165) is 6.07 Å². The van der Waals surface area contributed by atoms with E-state index in [9.17, 15) is 19.7 Å². The van der Waals surface area contributed by atoms with E-state index >= 15 is 0 Å². The molecule has 8 nitrogen and oxygen atoms in total. The number of carboxylic acids is 1. The van der Waals surface area contributed by atoms with Crippen LogP contribution in [0.3, 0.4) is 0 Å². The van der Waals surface area contributed by atoms with E-state index in [1.807, 2.05) is 0 Å². The maximum Gasteiger partial charge on any atom is 0.328 e. The van der Waals surface area contributed by atoms with Crippen LogP contribution in [-0.4, -0.2) is 39.7 Å². The molecular weight excluding hydrogens is 371 g/mol. The van der Waals surface area contributed by atoms with Crippen molar-refractivity contribution < 1.29 is 24.7 Å². The number of aliphatic hydroxyl groups is 1. The standard InChI is InChI=1S/C10H9IN2O6/c11-7-2-1-5(13(18)19)3-6(7)9(15)12-8(4-14)10(16)17/h1-3,8,14H,4H2,(H,12,15)(H,16,17). The molecule has 1 aromatic carbocycles. The number of carbonyl (C=O) groups excluding carboxylic acids is 1. The topological polar surface area (TPSA) is 130 Å². The molecule has 1 amide bonds. The van der Waals surface area contributed by atoms with Gasteiger partial charge in [-0.1, -0.05) is 0 Å². The highest BCUT2D eigenvalue weighted by Gasteiger charge is 2.22. The van der Waals surface area contributed by atoms with Crippen LogP contribution in [0.2, 0.25) is 0 Å². The largest absolute Gasteiger partial charge is 0.480 e. The molecule has 0 heterocycles. The molecule has 1 aromatic rings. The van der Waals surface area contributed by atoms with Crippen LogP contribution in [0.15, 0.2) is 18.2 Å². The minimum Gasteiger partial charge on any atom is -0.480 e. The predicted molar refractivity (Wildman–Crippen MR) is 71.8 cm³/mol. The maximum absolute atomic E-state index is 11.8. The number of halogens is 1. The average Bonchev–Trinajstić information content (AvgIpc) is 2.35. The molecule has 9 heteroatoms. The lowest BCUT2D eigenvalue weighted by Gasteiger charge is -2.12. The summed E-state index contributed by atoms with van der Waals surface area (Å²) in [6.07, 6.45) is 0. The molecule has 0 saturated carbocycles. The summed E-state index contributed by atoms with van der Waals surface area (Å²) in [6.45, 7) is -0.771. The number of nitrogens with one attached hydrogen (secondary N) is 1. The van der Waals surface area contributed by atoms with E-state index in [-0.39, 0.29) is 11.3 Å². The van der Waals surface area contributed by atoms with Gasteiger partial charge in [0.2, 0.25) is 0 Å². The number of aliphatic carboxylic acids is 1. The molecule has 0 radical (unpaired) electrons. The quantitative estimate of drug-likeness (QED) is 0.385. The SMILES string of the molecule is O=C(NC(CO)C(=O)O)c1cc([N+](=O)[O-])ccc1I. The van der Waals surface area contributed by atoms with Crippen molar-refractivity contribution in [1.29, 1.82) is 0 Å². The summed E-state index contributed by atoms with van der Waals surface area (Å²) >= 11 is 1.80. The minimum atomic E-state index is -1.46. The van der Waals surface area contributed by atoms with Gasteiger partial charge in [-0.2, -0.15) is 0 Å². The van der Waals surface area contributed by atoms with Crippen molar-refractivity contribution in [3.8, 4) is 0 Å². The van der Waals surface area contributed by atoms with Gasteiger partial charge in [-0.15, -0.1) is 0 Å². The Kier molecular flexibility index (Phi) is 5.18. The summed E-state index contributed by atoms with van der Waals surface area (Å²) in [7, 11) is 0. The number of benzene rings is 1. The first kappa shape index (κ1) is 15.3. The molecule has 0 aromatic heterocycles. The van der Waals surface area contributed by atoms with Crippen molar-refractivity contribution in [1.82, 2.24) is 5.32 Å². The van der Waals surface area contributed by atoms with Gasteiger partial charge in [0.25, 0.3) is 11.6 Å². The van der Waals surface area contributed by atoms with Crippen molar-refractivity contribution in [3.05, 3.63) is 37.4 Å². The highest BCUT2D eigenvalue weighted by molar-refractivity contribution is 14.1. The smallest absolute Gasteiger partial charge is 0.328 e. The summed E-state index contributed by atoms with van der Waals surface area (Å²) in [5.74, 6) is -2.19. The van der Waals surface area contributed by atoms with E-state index in [0.29, 0.717) is 3.57 Å². The summed E-state index contributed by atoms with van der Waals surface area (Å²) in [4.78, 5) is 32.4. The van der Waals surface area contributed by atoms with Crippen LogP contribution in [0.5, 0.6) is 0 Å². The van der Waals surface area contributed by atoms with Crippen LogP contribution in [-0.2, 0) is 4.79 Å². The molecule has 0 saturated heterocycles. The van der Waals surface area contributed by atoms with Crippen molar-refractivity contribution >= 4 is 40.2 Å². The van der Waals surface area contributed by atoms with E-state index in [2.05, 4.69) is 5.32 Å². The lowest BCUT2D eigenvalue weighted by atomic mass is 10.1. The van der Waals surface area contributed by atoms with Crippen LogP contribution in [0.1, 0.15) is 10.4 Å². The van der Waals surface area contributed by atoms with Gasteiger partial charge in [-0.25, -0.2) is 4.79 Å². The summed E-state index contributed by atoms with van der Waals surface area (Å²) in [5, 5.41) is 30.2. The first-order valence-corrected chi connectivity index (χ1v) is 6.03. The number of carbonyl (C=O) groups is 2. The van der Waals surface area contributed by atoms with Crippen molar-refractivity contribution in [2.24, 2.45) is 0 Å². The van der Waals surface area contributed by atoms with Crippen LogP contribution >= 0.6 is 22.6 Å². The van der Waals surface area contributed by atoms with Crippen LogP contribution < -0.4 is 5.32 Å². The van der Waals surface area contributed by atoms with Crippen LogP contribution in [0.25, 0.3) is 0 Å². The number of amides is 1. The highest BCUT2D eigenvalue weighted by Crippen LogP contribution is 2.19. The molecule has 0 aliphatic carbocycles. The third-order valence-corrected chi connectivity index (χ3v) is 3.13. The highest BCUT2D eigenvalue weighted by atomic mass is 127. The Bertz CT molecular complexity index is 533. The zero-order chi connectivity index (χ0) is 14.6. The second-order valence-electron chi connectivity index (χ2n) is 3.47. The minimum absolute atomic E-state index is 0.0190. The fourth-order valence-electron chi connectivity index (χ4n) is 1.22. The van der Waals surface area contributed by atoms with E-state index < -0.39 is 29.4 Å². The fourth-order valence-corrected chi connectivity index (χ4v) is 1.80. The maximum atomic E-state index is 11.8. The Labute approximate surface area is 120 Å². The second-order valence-corrected chi connectivity index (χ2v) is 4.63. The number of aliphatic hydroxyl groups excluding tert-OH is 1. The Morgan fingerprint density at radius 1 is 1.47 bits per heavy atom. The number of non-ortho nitro benzene ring substituents is 1. The Hall–Kier alpha value is -1.75. The first-order chi connectivity index (χ1) is 8.86. The third-order valence-electron chi connectivity index (χ3n) is 2.19. The van der Waals surface area contributed by atoms with Gasteiger partial charge in [-0.3, -0.25) is 14.9 Å². The number of hydrogen-bond donors (Lipinski definition) is 3. The van der Waals surface area contributed by atoms with Crippen LogP contribution in [0.4, 0.5) is 5.69 Å². The van der Waals surface area contributed by atoms with Crippen molar-refractivity contribution in [3.63, 3.8) is 0 Å². The van der Waals surface area contributed by atoms with Gasteiger partial charge >= 0.3 is 5.97 Å². The van der Waals surface area contributed by atoms with Gasteiger partial charge in [0.05, 0.1) is 17.1 Å². The predicted octanol–water partition coefficient (Wildman–Crippen LogP) is 0.375. The Balaban J connectivity index is 3.02. The molecule has 0 aliphatic rings. The van der Waals surface area contributed by atoms with Gasteiger partial charge in [0.1, 0.15) is 0 Å². The lowest BCUT2D eigenvalue weighted by molar-refractivity contribution is -0.384. The van der Waals surface area contributed by atoms with Crippen molar-refractivity contribution in [2.75, 3.05) is 6.61 Å². The number of nitrogens with zero attached hydrogens (tertiary/aromatic N) is 1. The molecule has 1 unspecified atom stereocenters. The molecule has 102 valence electrons. The normalized spacial score (nSPS) is 11.7. The number of hydrogen-bond acceptors (Lipinski definition) is 5. The molecule has 0 bridgehead atoms. The molecule has 0 fully saturated rings. The van der Waals surface area contributed by atoms with Crippen LogP contribution in [0, 0.1) is 13.7 Å². The molecule has 19 heavy (non-hydrogen) atoms. The number of carboxylic acid groups (broad SMARTS) is 1. The van der Waals surface area contributed by atoms with E-state index in [4.69, 9.17) is 10.2 Å². The van der Waals surface area contributed by atoms with Gasteiger partial charge in [-0.05, 0) is 28.7 Å². The number of nitro groups is 1. The van der Waals surface area contributed by atoms with Gasteiger partial charge in [0, 0.05) is 15.7 Å².